The van der Waals surface area contributed by atoms with Crippen LogP contribution < -0.4 is 47.1 Å². The highest BCUT2D eigenvalue weighted by atomic mass is 16.6. The van der Waals surface area contributed by atoms with Crippen LogP contribution in [0.5, 0.6) is 23.0 Å². The van der Waals surface area contributed by atoms with E-state index in [1.807, 2.05) is 61.2 Å². The molecule has 29 nitrogen and oxygen atoms in total. The zero-order valence-electron chi connectivity index (χ0n) is 67.3. The van der Waals surface area contributed by atoms with E-state index in [9.17, 15) is 54.4 Å². The van der Waals surface area contributed by atoms with Crippen molar-refractivity contribution in [1.29, 1.82) is 0 Å². The molecular formula is C88H101N3O26. The zero-order valence-corrected chi connectivity index (χ0v) is 67.3. The molecule has 5 aromatic heterocycles. The van der Waals surface area contributed by atoms with Crippen molar-refractivity contribution in [2.75, 3.05) is 148 Å². The summed E-state index contributed by atoms with van der Waals surface area (Å²) in [7, 11) is 9.48. The maximum Gasteiger partial charge on any atom is 0.344 e. The van der Waals surface area contributed by atoms with Gasteiger partial charge in [-0.05, 0) is 112 Å². The fraction of sp³-hybridized carbons (Fsp3) is 0.364. The minimum Gasteiger partial charge on any atom is -0.632 e. The van der Waals surface area contributed by atoms with Crippen LogP contribution in [0.4, 0.5) is 0 Å². The average Bonchev–Trinajstić information content (AvgIpc) is 0.770. The molecule has 0 fully saturated rings. The van der Waals surface area contributed by atoms with Gasteiger partial charge in [-0.2, -0.15) is 0 Å². The van der Waals surface area contributed by atoms with Crippen molar-refractivity contribution in [3.63, 3.8) is 0 Å². The second kappa shape index (κ2) is 43.4. The molecule has 0 amide bonds. The van der Waals surface area contributed by atoms with Gasteiger partial charge >= 0.3 is 28.1 Å². The number of aliphatic hydroxyl groups excluding tert-OH is 3. The van der Waals surface area contributed by atoms with Crippen LogP contribution in [0.2, 0.25) is 0 Å². The van der Waals surface area contributed by atoms with Gasteiger partial charge in [-0.1, -0.05) is 66.7 Å². The molecule has 29 heteroatoms. The lowest BCUT2D eigenvalue weighted by atomic mass is 9.96. The molecule has 2 atom stereocenters. The van der Waals surface area contributed by atoms with Crippen LogP contribution in [0.15, 0.2) is 204 Å². The zero-order chi connectivity index (χ0) is 84.3. The number of hydroxylamine groups is 3. The fourth-order valence-electron chi connectivity index (χ4n) is 12.6. The predicted octanol–water partition coefficient (Wildman–Crippen LogP) is 10.4. The molecular weight excluding hydrogens is 1510 g/mol. The normalized spacial score (nSPS) is 12.2. The summed E-state index contributed by atoms with van der Waals surface area (Å²) in [4.78, 5) is 80.3. The quantitative estimate of drug-likeness (QED) is 0.00909. The van der Waals surface area contributed by atoms with Gasteiger partial charge in [0.2, 0.25) is 0 Å². The molecule has 5 heterocycles. The highest BCUT2D eigenvalue weighted by Gasteiger charge is 2.30. The van der Waals surface area contributed by atoms with Gasteiger partial charge < -0.3 is 99.7 Å². The number of hydrogen-bond acceptors (Lipinski definition) is 28. The van der Waals surface area contributed by atoms with E-state index in [1.165, 1.54) is 40.2 Å². The van der Waals surface area contributed by atoms with Gasteiger partial charge in [-0.3, -0.25) is 14.6 Å². The van der Waals surface area contributed by atoms with Gasteiger partial charge in [0.15, 0.2) is 5.75 Å². The lowest BCUT2D eigenvalue weighted by Gasteiger charge is -2.43. The van der Waals surface area contributed by atoms with Crippen molar-refractivity contribution in [2.45, 2.75) is 65.1 Å². The Hall–Kier alpha value is -10.8. The third kappa shape index (κ3) is 24.2. The van der Waals surface area contributed by atoms with Crippen molar-refractivity contribution in [3.05, 3.63) is 243 Å². The molecule has 0 spiro atoms. The Morgan fingerprint density at radius 3 is 1.37 bits per heavy atom. The summed E-state index contributed by atoms with van der Waals surface area (Å²) in [6.07, 6.45) is -0.362. The summed E-state index contributed by atoms with van der Waals surface area (Å²) >= 11 is 0. The van der Waals surface area contributed by atoms with E-state index in [4.69, 9.17) is 69.5 Å². The molecule has 0 saturated heterocycles. The Bertz CT molecular complexity index is 5500. The molecule has 0 saturated carbocycles. The maximum absolute atomic E-state index is 13.9. The van der Waals surface area contributed by atoms with Crippen molar-refractivity contribution < 1.29 is 99.3 Å². The van der Waals surface area contributed by atoms with E-state index in [-0.39, 0.29) is 105 Å². The molecule has 0 bridgehead atoms. The number of allylic oxidation sites excluding steroid dienone is 1. The van der Waals surface area contributed by atoms with Crippen LogP contribution in [-0.2, 0) is 52.8 Å². The Morgan fingerprint density at radius 2 is 0.940 bits per heavy atom. The Balaban J connectivity index is 0.000000200. The summed E-state index contributed by atoms with van der Waals surface area (Å²) in [5.74, 6) is 1.20. The van der Waals surface area contributed by atoms with Crippen LogP contribution in [-0.4, -0.2) is 207 Å². The van der Waals surface area contributed by atoms with Crippen molar-refractivity contribution in [3.8, 4) is 45.3 Å². The number of quaternary nitrogens is 1. The predicted molar refractivity (Wildman–Crippen MR) is 442 cm³/mol. The first-order valence-corrected chi connectivity index (χ1v) is 37.7. The summed E-state index contributed by atoms with van der Waals surface area (Å²) in [6.45, 7) is 15.9. The van der Waals surface area contributed by atoms with Crippen molar-refractivity contribution in [1.82, 2.24) is 9.80 Å². The monoisotopic (exact) mass is 1620 g/mol. The Kier molecular flexibility index (Phi) is 33.4. The van der Waals surface area contributed by atoms with Crippen LogP contribution in [0.3, 0.4) is 0 Å². The first-order chi connectivity index (χ1) is 56.3. The van der Waals surface area contributed by atoms with Gasteiger partial charge in [0, 0.05) is 138 Å². The molecule has 0 aliphatic heterocycles. The minimum absolute atomic E-state index is 0.0884. The minimum atomic E-state index is -1.39. The van der Waals surface area contributed by atoms with E-state index in [2.05, 4.69) is 11.5 Å². The molecule has 0 aliphatic rings. The lowest BCUT2D eigenvalue weighted by Crippen LogP contribution is -2.46. The molecule has 4 N–H and O–H groups in total. The first-order valence-electron chi connectivity index (χ1n) is 37.7. The number of rotatable bonds is 41. The number of ether oxygens (including phenoxy) is 10. The topological polar surface area (TPSA) is 371 Å². The van der Waals surface area contributed by atoms with Gasteiger partial charge in [-0.25, -0.2) is 24.0 Å². The van der Waals surface area contributed by atoms with E-state index >= 15 is 0 Å². The molecule has 11 aromatic rings. The van der Waals surface area contributed by atoms with Crippen LogP contribution in [0.1, 0.15) is 55.5 Å². The number of nitrogens with zero attached hydrogens (tertiary/aromatic N) is 3. The number of aliphatic hydroxyl groups is 4. The summed E-state index contributed by atoms with van der Waals surface area (Å²) < 4.78 is 82.0. The van der Waals surface area contributed by atoms with Crippen LogP contribution in [0.25, 0.3) is 82.7 Å². The number of para-hydroxylation sites is 3. The van der Waals surface area contributed by atoms with Crippen molar-refractivity contribution >= 4 is 66.9 Å². The Labute approximate surface area is 674 Å². The number of carbonyl (C=O) groups excluding carboxylic acids is 1. The number of hydrogen-bond donors (Lipinski definition) is 4. The number of fused-ring (bicyclic) bond motifs is 5. The summed E-state index contributed by atoms with van der Waals surface area (Å²) in [6, 6.07) is 39.2. The SMILES string of the molecule is C=C(c1ccc(OCC=C(C)C)c(C[N+]([O-])(CCOC)CCOC)c1OC=O)c1cc2ccccc2oc1=O.COCCN(CCOC)Cc1c(OCC(O)C(C)(C)O)ccc2c(-c3cc4ccccc4oc3=O)cc(=O)oc12.COCCN(CCOC)Cc1c(OCC(O)CO)ccc2c(-c3cc4ccccc4oc3=O)cc(=O)oc12. The molecule has 11 rings (SSSR count). The van der Waals surface area contributed by atoms with E-state index in [0.29, 0.717) is 153 Å². The molecule has 0 aliphatic carbocycles. The molecule has 0 radical (unpaired) electrons. The van der Waals surface area contributed by atoms with E-state index in [0.717, 1.165) is 5.57 Å². The number of methoxy groups -OCH3 is 6. The fourth-order valence-corrected chi connectivity index (χ4v) is 12.6. The second-order valence-electron chi connectivity index (χ2n) is 28.3. The first kappa shape index (κ1) is 90.1. The second-order valence-corrected chi connectivity index (χ2v) is 28.3. The molecule has 2 unspecified atom stereocenters. The third-order valence-electron chi connectivity index (χ3n) is 19.1. The van der Waals surface area contributed by atoms with E-state index < -0.39 is 57.2 Å². The molecule has 117 heavy (non-hydrogen) atoms. The third-order valence-corrected chi connectivity index (χ3v) is 19.1. The number of benzene rings is 6. The van der Waals surface area contributed by atoms with Gasteiger partial charge in [0.1, 0.15) is 96.8 Å². The van der Waals surface area contributed by atoms with Gasteiger partial charge in [-0.15, -0.1) is 0 Å². The van der Waals surface area contributed by atoms with Crippen LogP contribution in [0, 0.1) is 5.21 Å². The van der Waals surface area contributed by atoms with Gasteiger partial charge in [0.05, 0.1) is 85.2 Å². The van der Waals surface area contributed by atoms with Gasteiger partial charge in [0.25, 0.3) is 6.47 Å². The Morgan fingerprint density at radius 1 is 0.521 bits per heavy atom. The summed E-state index contributed by atoms with van der Waals surface area (Å²) in [5, 5.41) is 56.7. The largest absolute Gasteiger partial charge is 0.632 e. The molecule has 6 aromatic carbocycles. The average molecular weight is 1620 g/mol. The van der Waals surface area contributed by atoms with Crippen LogP contribution >= 0.6 is 0 Å². The van der Waals surface area contributed by atoms with E-state index in [1.54, 1.807) is 119 Å². The highest BCUT2D eigenvalue weighted by molar-refractivity contribution is 5.99. The standard InChI is InChI=1S/C30H35NO9.C30H35NO8.C28H31NO9/c1-30(2,35)26(32)18-38-25-10-9-20-21(22-15-19-7-5-6-8-24(19)39-29(22)34)16-27(33)40-28(20)23(25)17-31(11-13-36-3)12-14-37-4;1-21(2)12-15-37-28-11-10-24(22(3)25-18-23-8-6-7-9-27(23)39-30(25)33)29(38-20-32)26(28)19-31(34,13-16-35-4)14-17-36-5;1-34-11-9-29(10-12-35-2)15-23-25(36-17-19(31)16-30)8-7-20-21(14-26(32)38-27(20)23)22-13-18-5-3-4-6-24(18)37-28(22)33/h5-10,15-16,26,32,35H,11-14,17-18H2,1-4H3;6-12,18,20H,3,13-17,19H2,1-2,4-5H3;3-8,13-14,19,30-31H,9-12,15-17H2,1-2H3. The maximum atomic E-state index is 13.9. The molecule has 624 valence electrons. The number of carbonyl (C=O) groups is 1. The lowest BCUT2D eigenvalue weighted by molar-refractivity contribution is -0.894. The highest BCUT2D eigenvalue weighted by Crippen LogP contribution is 2.41. The smallest absolute Gasteiger partial charge is 0.344 e. The summed E-state index contributed by atoms with van der Waals surface area (Å²) in [5.41, 5.74) is 1.95. The van der Waals surface area contributed by atoms with Crippen molar-refractivity contribution in [2.24, 2.45) is 0 Å².